The Morgan fingerprint density at radius 1 is 1.19 bits per heavy atom. The van der Waals surface area contributed by atoms with Crippen molar-refractivity contribution in [3.8, 4) is 0 Å². The van der Waals surface area contributed by atoms with Crippen LogP contribution in [0.15, 0.2) is 18.2 Å². The van der Waals surface area contributed by atoms with E-state index in [2.05, 4.69) is 5.32 Å². The molecule has 2 aliphatic heterocycles. The van der Waals surface area contributed by atoms with Gasteiger partial charge in [0.1, 0.15) is 5.56 Å². The van der Waals surface area contributed by atoms with Crippen molar-refractivity contribution in [2.45, 2.75) is 50.7 Å². The average molecular weight is 359 g/mol. The monoisotopic (exact) mass is 359 g/mol. The van der Waals surface area contributed by atoms with Crippen molar-refractivity contribution < 1.29 is 14.5 Å². The van der Waals surface area contributed by atoms with Gasteiger partial charge >= 0.3 is 0 Å². The maximum atomic E-state index is 12.8. The van der Waals surface area contributed by atoms with Gasteiger partial charge in [-0.1, -0.05) is 0 Å². The Hall–Kier alpha value is -2.15. The van der Waals surface area contributed by atoms with Crippen LogP contribution in [0.3, 0.4) is 0 Å². The number of nitrogens with one attached hydrogen (secondary N) is 1. The number of rotatable bonds is 4. The van der Waals surface area contributed by atoms with Crippen molar-refractivity contribution >= 4 is 17.3 Å². The second-order valence-corrected chi connectivity index (χ2v) is 7.53. The second-order valence-electron chi connectivity index (χ2n) is 7.53. The highest BCUT2D eigenvalue weighted by molar-refractivity contribution is 5.99. The fourth-order valence-corrected chi connectivity index (χ4v) is 4.62. The van der Waals surface area contributed by atoms with Gasteiger partial charge in [0.2, 0.25) is 0 Å². The number of carbonyl (C=O) groups excluding carboxylic acids is 1. The van der Waals surface area contributed by atoms with Crippen molar-refractivity contribution in [2.75, 3.05) is 25.0 Å². The van der Waals surface area contributed by atoms with Crippen LogP contribution in [0.1, 0.15) is 48.9 Å². The molecule has 2 saturated heterocycles. The van der Waals surface area contributed by atoms with Gasteiger partial charge in [-0.15, -0.1) is 0 Å². The molecule has 0 radical (unpaired) electrons. The van der Waals surface area contributed by atoms with Gasteiger partial charge in [-0.05, 0) is 50.7 Å². The predicted octanol–water partition coefficient (Wildman–Crippen LogP) is 3.20. The zero-order valence-electron chi connectivity index (χ0n) is 14.9. The minimum absolute atomic E-state index is 0.113. The topological polar surface area (TPSA) is 84.7 Å². The molecule has 0 bridgehead atoms. The van der Waals surface area contributed by atoms with E-state index < -0.39 is 4.92 Å². The molecule has 1 aromatic carbocycles. The standard InChI is InChI=1S/C19H25N3O4/c23-19(21-9-1-2-10-21)15-12-13(6-7-17(15)22(24)25)20-16-4-3-5-18-14(16)8-11-26-18/h6-7,12,14,16,18,20H,1-5,8-11H2. The lowest BCUT2D eigenvalue weighted by molar-refractivity contribution is -0.385. The molecule has 26 heavy (non-hydrogen) atoms. The lowest BCUT2D eigenvalue weighted by Crippen LogP contribution is -2.38. The fraction of sp³-hybridized carbons (Fsp3) is 0.632. The van der Waals surface area contributed by atoms with E-state index in [1.807, 2.05) is 0 Å². The zero-order valence-corrected chi connectivity index (χ0v) is 14.9. The molecule has 4 rings (SSSR count). The quantitative estimate of drug-likeness (QED) is 0.659. The van der Waals surface area contributed by atoms with Crippen molar-refractivity contribution in [1.29, 1.82) is 0 Å². The van der Waals surface area contributed by atoms with Gasteiger partial charge in [-0.3, -0.25) is 14.9 Å². The number of hydrogen-bond donors (Lipinski definition) is 1. The third-order valence-corrected chi connectivity index (χ3v) is 5.95. The molecule has 0 aromatic heterocycles. The van der Waals surface area contributed by atoms with E-state index in [9.17, 15) is 14.9 Å². The molecule has 1 N–H and O–H groups in total. The largest absolute Gasteiger partial charge is 0.382 e. The molecule has 3 atom stereocenters. The molecule has 1 saturated carbocycles. The summed E-state index contributed by atoms with van der Waals surface area (Å²) in [6.07, 6.45) is 6.59. The van der Waals surface area contributed by atoms with Gasteiger partial charge < -0.3 is 15.0 Å². The first kappa shape index (κ1) is 17.3. The zero-order chi connectivity index (χ0) is 18.1. The summed E-state index contributed by atoms with van der Waals surface area (Å²) in [5, 5.41) is 14.9. The summed E-state index contributed by atoms with van der Waals surface area (Å²) in [7, 11) is 0. The van der Waals surface area contributed by atoms with Gasteiger partial charge in [-0.2, -0.15) is 0 Å². The average Bonchev–Trinajstić information content (AvgIpc) is 3.33. The van der Waals surface area contributed by atoms with Crippen molar-refractivity contribution in [3.05, 3.63) is 33.9 Å². The number of nitro groups is 1. The lowest BCUT2D eigenvalue weighted by atomic mass is 9.81. The number of likely N-dealkylation sites (tertiary alicyclic amines) is 1. The third kappa shape index (κ3) is 3.28. The highest BCUT2D eigenvalue weighted by atomic mass is 16.6. The Bertz CT molecular complexity index is 702. The molecule has 3 unspecified atom stereocenters. The van der Waals surface area contributed by atoms with Crippen LogP contribution in [0, 0.1) is 16.0 Å². The Labute approximate surface area is 152 Å². The Kier molecular flexibility index (Phi) is 4.80. The molecule has 7 heteroatoms. The fourth-order valence-electron chi connectivity index (χ4n) is 4.62. The highest BCUT2D eigenvalue weighted by Crippen LogP contribution is 2.36. The van der Waals surface area contributed by atoms with Crippen LogP contribution in [0.25, 0.3) is 0 Å². The van der Waals surface area contributed by atoms with E-state index in [1.54, 1.807) is 17.0 Å². The summed E-state index contributed by atoms with van der Waals surface area (Å²) in [6.45, 7) is 2.17. The molecule has 1 amide bonds. The van der Waals surface area contributed by atoms with Crippen LogP contribution in [-0.2, 0) is 4.74 Å². The van der Waals surface area contributed by atoms with Crippen molar-refractivity contribution in [3.63, 3.8) is 0 Å². The predicted molar refractivity (Wildman–Crippen MR) is 97.3 cm³/mol. The normalized spacial score (nSPS) is 28.0. The Balaban J connectivity index is 1.57. The summed E-state index contributed by atoms with van der Waals surface area (Å²) < 4.78 is 5.81. The summed E-state index contributed by atoms with van der Waals surface area (Å²) in [5.41, 5.74) is 0.866. The first-order valence-electron chi connectivity index (χ1n) is 9.59. The Morgan fingerprint density at radius 2 is 2.00 bits per heavy atom. The number of carbonyl (C=O) groups is 1. The molecular formula is C19H25N3O4. The molecule has 7 nitrogen and oxygen atoms in total. The molecule has 1 aromatic rings. The van der Waals surface area contributed by atoms with E-state index in [0.717, 1.165) is 50.8 Å². The lowest BCUT2D eigenvalue weighted by Gasteiger charge is -2.34. The number of hydrogen-bond acceptors (Lipinski definition) is 5. The van der Waals surface area contributed by atoms with Gasteiger partial charge in [0.05, 0.1) is 11.0 Å². The van der Waals surface area contributed by atoms with E-state index in [0.29, 0.717) is 31.2 Å². The number of nitrogens with zero attached hydrogens (tertiary/aromatic N) is 2. The summed E-state index contributed by atoms with van der Waals surface area (Å²) >= 11 is 0. The molecule has 0 spiro atoms. The highest BCUT2D eigenvalue weighted by Gasteiger charge is 2.37. The number of anilines is 1. The molecule has 1 aliphatic carbocycles. The summed E-state index contributed by atoms with van der Waals surface area (Å²) in [5.74, 6) is 0.250. The number of nitro benzene ring substituents is 1. The number of fused-ring (bicyclic) bond motifs is 1. The molecule has 140 valence electrons. The van der Waals surface area contributed by atoms with E-state index >= 15 is 0 Å². The van der Waals surface area contributed by atoms with E-state index in [-0.39, 0.29) is 17.2 Å². The van der Waals surface area contributed by atoms with Gasteiger partial charge in [0.15, 0.2) is 0 Å². The second kappa shape index (κ2) is 7.23. The van der Waals surface area contributed by atoms with Gasteiger partial charge in [0.25, 0.3) is 11.6 Å². The first-order chi connectivity index (χ1) is 12.6. The summed E-state index contributed by atoms with van der Waals surface area (Å²) in [4.78, 5) is 25.4. The third-order valence-electron chi connectivity index (χ3n) is 5.95. The number of amides is 1. The van der Waals surface area contributed by atoms with Crippen LogP contribution < -0.4 is 5.32 Å². The SMILES string of the molecule is O=C(c1cc(NC2CCCC3OCCC23)ccc1[N+](=O)[O-])N1CCCC1. The smallest absolute Gasteiger partial charge is 0.282 e. The maximum Gasteiger partial charge on any atom is 0.282 e. The first-order valence-corrected chi connectivity index (χ1v) is 9.59. The molecule has 3 aliphatic rings. The molecular weight excluding hydrogens is 334 g/mol. The van der Waals surface area contributed by atoms with Crippen LogP contribution in [-0.4, -0.2) is 47.6 Å². The van der Waals surface area contributed by atoms with Crippen molar-refractivity contribution in [2.24, 2.45) is 5.92 Å². The Morgan fingerprint density at radius 3 is 2.77 bits per heavy atom. The molecule has 2 heterocycles. The maximum absolute atomic E-state index is 12.8. The van der Waals surface area contributed by atoms with Crippen LogP contribution in [0.5, 0.6) is 0 Å². The molecule has 3 fully saturated rings. The van der Waals surface area contributed by atoms with Gasteiger partial charge in [0, 0.05) is 43.4 Å². The number of benzene rings is 1. The minimum atomic E-state index is -0.464. The summed E-state index contributed by atoms with van der Waals surface area (Å²) in [6, 6.07) is 5.14. The van der Waals surface area contributed by atoms with Crippen LogP contribution in [0.4, 0.5) is 11.4 Å². The van der Waals surface area contributed by atoms with Crippen LogP contribution in [0.2, 0.25) is 0 Å². The van der Waals surface area contributed by atoms with Crippen molar-refractivity contribution in [1.82, 2.24) is 4.90 Å². The number of ether oxygens (including phenoxy) is 1. The van der Waals surface area contributed by atoms with E-state index in [4.69, 9.17) is 4.74 Å². The van der Waals surface area contributed by atoms with Crippen LogP contribution >= 0.6 is 0 Å². The van der Waals surface area contributed by atoms with Gasteiger partial charge in [-0.25, -0.2) is 0 Å². The minimum Gasteiger partial charge on any atom is -0.382 e. The van der Waals surface area contributed by atoms with E-state index in [1.165, 1.54) is 6.07 Å².